The van der Waals surface area contributed by atoms with Crippen molar-refractivity contribution in [3.05, 3.63) is 24.1 Å². The Morgan fingerprint density at radius 2 is 2.21 bits per heavy atom. The average Bonchev–Trinajstić information content (AvgIpc) is 2.07. The van der Waals surface area contributed by atoms with Gasteiger partial charge in [0.1, 0.15) is 17.2 Å². The van der Waals surface area contributed by atoms with Crippen LogP contribution in [0.3, 0.4) is 0 Å². The van der Waals surface area contributed by atoms with E-state index in [9.17, 15) is 14.3 Å². The Morgan fingerprint density at radius 3 is 2.64 bits per heavy atom. The smallest absolute Gasteiger partial charge is 0.256 e. The van der Waals surface area contributed by atoms with E-state index in [1.807, 2.05) is 0 Å². The van der Waals surface area contributed by atoms with Crippen molar-refractivity contribution in [2.24, 2.45) is 0 Å². The van der Waals surface area contributed by atoms with E-state index in [1.165, 1.54) is 26.0 Å². The first-order valence-corrected chi connectivity index (χ1v) is 4.05. The van der Waals surface area contributed by atoms with Crippen LogP contribution in [0, 0.1) is 5.82 Å². The largest absolute Gasteiger partial charge is 0.381 e. The number of halogens is 1. The minimum Gasteiger partial charge on any atom is -0.381 e. The minimum atomic E-state index is -1.48. The van der Waals surface area contributed by atoms with E-state index in [0.717, 1.165) is 6.20 Å². The third-order valence-electron chi connectivity index (χ3n) is 1.52. The molecule has 1 amide bonds. The van der Waals surface area contributed by atoms with Gasteiger partial charge in [0, 0.05) is 0 Å². The maximum Gasteiger partial charge on any atom is 0.256 e. The molecule has 0 saturated carbocycles. The molecule has 1 aromatic heterocycles. The van der Waals surface area contributed by atoms with Crippen LogP contribution in [0.25, 0.3) is 0 Å². The van der Waals surface area contributed by atoms with Crippen molar-refractivity contribution in [2.75, 3.05) is 5.32 Å². The van der Waals surface area contributed by atoms with Crippen LogP contribution < -0.4 is 5.32 Å². The molecule has 1 heterocycles. The highest BCUT2D eigenvalue weighted by atomic mass is 19.1. The summed E-state index contributed by atoms with van der Waals surface area (Å²) in [6, 6.07) is 2.49. The molecule has 1 rings (SSSR count). The summed E-state index contributed by atoms with van der Waals surface area (Å²) in [5.74, 6) is -0.860. The Hall–Kier alpha value is -1.49. The number of carbonyl (C=O) groups excluding carboxylic acids is 1. The van der Waals surface area contributed by atoms with Crippen molar-refractivity contribution in [3.63, 3.8) is 0 Å². The van der Waals surface area contributed by atoms with Crippen LogP contribution in [0.2, 0.25) is 0 Å². The van der Waals surface area contributed by atoms with E-state index in [2.05, 4.69) is 10.3 Å². The lowest BCUT2D eigenvalue weighted by Gasteiger charge is -2.15. The van der Waals surface area contributed by atoms with Crippen molar-refractivity contribution in [3.8, 4) is 0 Å². The Morgan fingerprint density at radius 1 is 1.57 bits per heavy atom. The Bertz CT molecular complexity index is 330. The van der Waals surface area contributed by atoms with Gasteiger partial charge in [-0.15, -0.1) is 0 Å². The number of hydrogen-bond acceptors (Lipinski definition) is 3. The van der Waals surface area contributed by atoms with Crippen LogP contribution in [-0.2, 0) is 4.79 Å². The second kappa shape index (κ2) is 3.71. The first-order valence-electron chi connectivity index (χ1n) is 4.05. The van der Waals surface area contributed by atoms with Crippen LogP contribution in [0.4, 0.5) is 10.2 Å². The molecule has 5 heteroatoms. The van der Waals surface area contributed by atoms with E-state index in [4.69, 9.17) is 0 Å². The Kier molecular flexibility index (Phi) is 2.81. The highest BCUT2D eigenvalue weighted by molar-refractivity contribution is 5.95. The number of aromatic nitrogens is 1. The minimum absolute atomic E-state index is 0.207. The van der Waals surface area contributed by atoms with Crippen molar-refractivity contribution in [2.45, 2.75) is 19.4 Å². The molecule has 2 N–H and O–H groups in total. The fraction of sp³-hybridized carbons (Fsp3) is 0.333. The fourth-order valence-corrected chi connectivity index (χ4v) is 0.719. The summed E-state index contributed by atoms with van der Waals surface area (Å²) in [5, 5.41) is 11.6. The lowest BCUT2D eigenvalue weighted by molar-refractivity contribution is -0.130. The van der Waals surface area contributed by atoms with E-state index in [0.29, 0.717) is 0 Å². The molecular weight excluding hydrogens is 187 g/mol. The molecule has 14 heavy (non-hydrogen) atoms. The predicted octanol–water partition coefficient (Wildman–Crippen LogP) is 0.930. The summed E-state index contributed by atoms with van der Waals surface area (Å²) in [4.78, 5) is 14.8. The van der Waals surface area contributed by atoms with Crippen molar-refractivity contribution in [1.82, 2.24) is 4.98 Å². The van der Waals surface area contributed by atoms with Crippen LogP contribution in [-0.4, -0.2) is 21.6 Å². The van der Waals surface area contributed by atoms with Gasteiger partial charge in [0.2, 0.25) is 0 Å². The molecule has 1 aromatic rings. The predicted molar refractivity (Wildman–Crippen MR) is 49.1 cm³/mol. The lowest BCUT2D eigenvalue weighted by atomic mass is 10.1. The van der Waals surface area contributed by atoms with Gasteiger partial charge in [0.05, 0.1) is 6.20 Å². The van der Waals surface area contributed by atoms with Crippen LogP contribution >= 0.6 is 0 Å². The summed E-state index contributed by atoms with van der Waals surface area (Å²) >= 11 is 0. The number of nitrogens with one attached hydrogen (secondary N) is 1. The molecule has 0 atom stereocenters. The monoisotopic (exact) mass is 198 g/mol. The zero-order chi connectivity index (χ0) is 10.8. The molecule has 0 unspecified atom stereocenters. The molecule has 0 spiro atoms. The SMILES string of the molecule is CC(C)(O)C(=O)Nc1ccc(F)cn1. The average molecular weight is 198 g/mol. The number of pyridine rings is 1. The second-order valence-electron chi connectivity index (χ2n) is 3.37. The molecule has 0 radical (unpaired) electrons. The van der Waals surface area contributed by atoms with E-state index < -0.39 is 17.3 Å². The normalized spacial score (nSPS) is 11.1. The maximum atomic E-state index is 12.4. The highest BCUT2D eigenvalue weighted by Gasteiger charge is 2.23. The van der Waals surface area contributed by atoms with Crippen molar-refractivity contribution < 1.29 is 14.3 Å². The van der Waals surface area contributed by atoms with Gasteiger partial charge in [-0.25, -0.2) is 9.37 Å². The highest BCUT2D eigenvalue weighted by Crippen LogP contribution is 2.08. The summed E-state index contributed by atoms with van der Waals surface area (Å²) in [5.41, 5.74) is -1.48. The zero-order valence-corrected chi connectivity index (χ0v) is 7.91. The Labute approximate surface area is 80.8 Å². The molecule has 0 bridgehead atoms. The van der Waals surface area contributed by atoms with Gasteiger partial charge in [0.15, 0.2) is 0 Å². The summed E-state index contributed by atoms with van der Waals surface area (Å²) < 4.78 is 12.4. The topological polar surface area (TPSA) is 62.2 Å². The summed E-state index contributed by atoms with van der Waals surface area (Å²) in [6.45, 7) is 2.71. The number of rotatable bonds is 2. The standard InChI is InChI=1S/C9H11FN2O2/c1-9(2,14)8(13)12-7-4-3-6(10)5-11-7/h3-5,14H,1-2H3,(H,11,12,13). The van der Waals surface area contributed by atoms with E-state index in [1.54, 1.807) is 0 Å². The number of carbonyl (C=O) groups is 1. The van der Waals surface area contributed by atoms with Gasteiger partial charge in [-0.3, -0.25) is 4.79 Å². The van der Waals surface area contributed by atoms with Gasteiger partial charge in [-0.1, -0.05) is 0 Å². The van der Waals surface area contributed by atoms with Crippen LogP contribution in [0.1, 0.15) is 13.8 Å². The molecule has 4 nitrogen and oxygen atoms in total. The maximum absolute atomic E-state index is 12.4. The number of nitrogens with zero attached hydrogens (tertiary/aromatic N) is 1. The second-order valence-corrected chi connectivity index (χ2v) is 3.37. The number of amides is 1. The molecule has 0 aromatic carbocycles. The molecule has 0 aliphatic rings. The van der Waals surface area contributed by atoms with Gasteiger partial charge < -0.3 is 10.4 Å². The van der Waals surface area contributed by atoms with Crippen LogP contribution in [0.5, 0.6) is 0 Å². The molecule has 0 aliphatic heterocycles. The number of anilines is 1. The zero-order valence-electron chi connectivity index (χ0n) is 7.91. The van der Waals surface area contributed by atoms with Crippen LogP contribution in [0.15, 0.2) is 18.3 Å². The van der Waals surface area contributed by atoms with Gasteiger partial charge >= 0.3 is 0 Å². The third kappa shape index (κ3) is 2.77. The molecule has 0 fully saturated rings. The lowest BCUT2D eigenvalue weighted by Crippen LogP contribution is -2.36. The molecule has 76 valence electrons. The molecular formula is C9H11FN2O2. The van der Waals surface area contributed by atoms with Gasteiger partial charge in [-0.2, -0.15) is 0 Å². The Balaban J connectivity index is 2.71. The molecule has 0 saturated heterocycles. The molecule has 0 aliphatic carbocycles. The van der Waals surface area contributed by atoms with Gasteiger partial charge in [-0.05, 0) is 26.0 Å². The quantitative estimate of drug-likeness (QED) is 0.743. The summed E-state index contributed by atoms with van der Waals surface area (Å²) in [6.07, 6.45) is 0.986. The first-order chi connectivity index (χ1) is 6.39. The van der Waals surface area contributed by atoms with E-state index in [-0.39, 0.29) is 5.82 Å². The van der Waals surface area contributed by atoms with Gasteiger partial charge in [0.25, 0.3) is 5.91 Å². The van der Waals surface area contributed by atoms with Crippen molar-refractivity contribution >= 4 is 11.7 Å². The van der Waals surface area contributed by atoms with Crippen molar-refractivity contribution in [1.29, 1.82) is 0 Å². The summed E-state index contributed by atoms with van der Waals surface area (Å²) in [7, 11) is 0. The van der Waals surface area contributed by atoms with E-state index >= 15 is 0 Å². The number of aliphatic hydroxyl groups is 1. The number of hydrogen-bond donors (Lipinski definition) is 2. The first kappa shape index (κ1) is 10.6. The fourth-order valence-electron chi connectivity index (χ4n) is 0.719. The third-order valence-corrected chi connectivity index (χ3v) is 1.52.